The summed E-state index contributed by atoms with van der Waals surface area (Å²) >= 11 is 4.74. The van der Waals surface area contributed by atoms with Crippen LogP contribution in [0.1, 0.15) is 5.56 Å². The predicted molar refractivity (Wildman–Crippen MR) is 71.9 cm³/mol. The molecule has 2 nitrogen and oxygen atoms in total. The summed E-state index contributed by atoms with van der Waals surface area (Å²) in [5, 5.41) is 2.58. The van der Waals surface area contributed by atoms with Crippen molar-refractivity contribution in [1.82, 2.24) is 0 Å². The first-order valence-electron chi connectivity index (χ1n) is 5.29. The van der Waals surface area contributed by atoms with Gasteiger partial charge >= 0.3 is 0 Å². The molecule has 6 heteroatoms. The van der Waals surface area contributed by atoms with Gasteiger partial charge < -0.3 is 11.1 Å². The van der Waals surface area contributed by atoms with Crippen LogP contribution in [0.5, 0.6) is 0 Å². The molecule has 0 fully saturated rings. The third-order valence-electron chi connectivity index (χ3n) is 2.46. The maximum absolute atomic E-state index is 13.6. The van der Waals surface area contributed by atoms with Crippen molar-refractivity contribution in [2.75, 3.05) is 5.32 Å². The predicted octanol–water partition coefficient (Wildman–Crippen LogP) is 3.48. The van der Waals surface area contributed by atoms with Gasteiger partial charge in [-0.15, -0.1) is 0 Å². The lowest BCUT2D eigenvalue weighted by atomic mass is 10.1. The minimum atomic E-state index is -0.667. The Morgan fingerprint density at radius 2 is 1.74 bits per heavy atom. The second kappa shape index (κ2) is 5.27. The quantitative estimate of drug-likeness (QED) is 0.846. The lowest BCUT2D eigenvalue weighted by Gasteiger charge is -2.12. The van der Waals surface area contributed by atoms with Gasteiger partial charge in [0.25, 0.3) is 0 Å². The van der Waals surface area contributed by atoms with Crippen LogP contribution in [0.3, 0.4) is 0 Å². The normalized spacial score (nSPS) is 10.3. The topological polar surface area (TPSA) is 38.0 Å². The Morgan fingerprint density at radius 3 is 2.42 bits per heavy atom. The van der Waals surface area contributed by atoms with Crippen molar-refractivity contribution in [3.8, 4) is 0 Å². The molecule has 0 bridgehead atoms. The highest BCUT2D eigenvalue weighted by Gasteiger charge is 2.13. The zero-order valence-electron chi connectivity index (χ0n) is 9.58. The van der Waals surface area contributed by atoms with Crippen LogP contribution in [0, 0.1) is 17.5 Å². The van der Waals surface area contributed by atoms with E-state index in [1.165, 1.54) is 18.2 Å². The Kier molecular flexibility index (Phi) is 3.71. The van der Waals surface area contributed by atoms with E-state index in [4.69, 9.17) is 18.0 Å². The molecule has 0 spiro atoms. The third kappa shape index (κ3) is 2.85. The number of hydrogen-bond acceptors (Lipinski definition) is 2. The van der Waals surface area contributed by atoms with Crippen LogP contribution in [0.15, 0.2) is 36.4 Å². The van der Waals surface area contributed by atoms with Crippen molar-refractivity contribution in [2.24, 2.45) is 5.73 Å². The minimum absolute atomic E-state index is 0.0406. The number of rotatable bonds is 3. The van der Waals surface area contributed by atoms with Gasteiger partial charge in [-0.1, -0.05) is 18.3 Å². The molecule has 0 saturated carbocycles. The van der Waals surface area contributed by atoms with Crippen LogP contribution in [-0.2, 0) is 0 Å². The average Bonchev–Trinajstić information content (AvgIpc) is 2.33. The molecule has 0 aliphatic carbocycles. The van der Waals surface area contributed by atoms with Gasteiger partial charge in [-0.2, -0.15) is 0 Å². The molecule has 0 amide bonds. The van der Waals surface area contributed by atoms with Gasteiger partial charge in [0.1, 0.15) is 22.4 Å². The molecule has 2 rings (SSSR count). The first-order valence-corrected chi connectivity index (χ1v) is 5.70. The largest absolute Gasteiger partial charge is 0.389 e. The highest BCUT2D eigenvalue weighted by Crippen LogP contribution is 2.25. The van der Waals surface area contributed by atoms with Crippen molar-refractivity contribution < 1.29 is 13.2 Å². The zero-order chi connectivity index (χ0) is 14.0. The molecular weight excluding hydrogens is 273 g/mol. The van der Waals surface area contributed by atoms with Crippen molar-refractivity contribution in [1.29, 1.82) is 0 Å². The van der Waals surface area contributed by atoms with Gasteiger partial charge in [-0.05, 0) is 24.3 Å². The number of halogens is 3. The van der Waals surface area contributed by atoms with Gasteiger partial charge in [0.05, 0.1) is 16.9 Å². The number of thiocarbonyl (C=S) groups is 1. The molecule has 2 aromatic carbocycles. The van der Waals surface area contributed by atoms with Gasteiger partial charge in [-0.3, -0.25) is 0 Å². The summed E-state index contributed by atoms with van der Waals surface area (Å²) in [6.07, 6.45) is 0. The smallest absolute Gasteiger partial charge is 0.146 e. The van der Waals surface area contributed by atoms with Crippen LogP contribution in [0.2, 0.25) is 0 Å². The van der Waals surface area contributed by atoms with Crippen LogP contribution in [0.25, 0.3) is 0 Å². The Bertz CT molecular complexity index is 644. The van der Waals surface area contributed by atoms with E-state index in [9.17, 15) is 13.2 Å². The molecule has 0 aliphatic heterocycles. The number of nitrogens with one attached hydrogen (secondary N) is 1. The van der Waals surface area contributed by atoms with Gasteiger partial charge in [0, 0.05) is 6.07 Å². The Morgan fingerprint density at radius 1 is 1.00 bits per heavy atom. The second-order valence-electron chi connectivity index (χ2n) is 3.78. The fourth-order valence-corrected chi connectivity index (χ4v) is 1.82. The van der Waals surface area contributed by atoms with E-state index in [-0.39, 0.29) is 21.9 Å². The molecule has 0 saturated heterocycles. The summed E-state index contributed by atoms with van der Waals surface area (Å²) in [5.74, 6) is -1.91. The third-order valence-corrected chi connectivity index (χ3v) is 2.66. The number of nitrogens with two attached hydrogens (primary N) is 1. The average molecular weight is 282 g/mol. The highest BCUT2D eigenvalue weighted by atomic mass is 32.1. The standard InChI is InChI=1S/C13H9F3N2S/c14-7-4-5-8(15)11(6-7)18-10-3-1-2-9(16)12(10)13(17)19/h1-6,18H,(H2,17,19). The minimum Gasteiger partial charge on any atom is -0.389 e. The zero-order valence-corrected chi connectivity index (χ0v) is 10.4. The molecule has 0 atom stereocenters. The molecule has 0 aliphatic rings. The lowest BCUT2D eigenvalue weighted by molar-refractivity contribution is 0.603. The lowest BCUT2D eigenvalue weighted by Crippen LogP contribution is -2.14. The maximum atomic E-state index is 13.6. The molecule has 19 heavy (non-hydrogen) atoms. The van der Waals surface area contributed by atoms with E-state index in [0.29, 0.717) is 0 Å². The molecule has 0 aromatic heterocycles. The summed E-state index contributed by atoms with van der Waals surface area (Å²) in [5.41, 5.74) is 5.44. The maximum Gasteiger partial charge on any atom is 0.146 e. The fourth-order valence-electron chi connectivity index (χ4n) is 1.62. The number of anilines is 2. The van der Waals surface area contributed by atoms with Crippen molar-refractivity contribution in [3.63, 3.8) is 0 Å². The number of hydrogen-bond donors (Lipinski definition) is 2. The summed E-state index contributed by atoms with van der Waals surface area (Å²) in [6, 6.07) is 6.99. The fraction of sp³-hybridized carbons (Fsp3) is 0. The molecular formula is C13H9F3N2S. The van der Waals surface area contributed by atoms with Crippen molar-refractivity contribution in [2.45, 2.75) is 0 Å². The summed E-state index contributed by atoms with van der Waals surface area (Å²) in [7, 11) is 0. The Labute approximate surface area is 113 Å². The van der Waals surface area contributed by atoms with E-state index in [1.807, 2.05) is 0 Å². The Balaban J connectivity index is 2.46. The van der Waals surface area contributed by atoms with Gasteiger partial charge in [0.2, 0.25) is 0 Å². The van der Waals surface area contributed by atoms with E-state index in [1.54, 1.807) is 0 Å². The molecule has 2 aromatic rings. The van der Waals surface area contributed by atoms with Crippen LogP contribution in [0.4, 0.5) is 24.5 Å². The second-order valence-corrected chi connectivity index (χ2v) is 4.22. The van der Waals surface area contributed by atoms with Crippen molar-refractivity contribution >= 4 is 28.6 Å². The van der Waals surface area contributed by atoms with E-state index in [0.717, 1.165) is 18.2 Å². The summed E-state index contributed by atoms with van der Waals surface area (Å²) < 4.78 is 40.2. The number of benzene rings is 2. The molecule has 0 heterocycles. The van der Waals surface area contributed by atoms with Gasteiger partial charge in [0.15, 0.2) is 0 Å². The van der Waals surface area contributed by atoms with Crippen LogP contribution in [-0.4, -0.2) is 4.99 Å². The van der Waals surface area contributed by atoms with E-state index in [2.05, 4.69) is 5.32 Å². The van der Waals surface area contributed by atoms with Crippen molar-refractivity contribution in [3.05, 3.63) is 59.4 Å². The van der Waals surface area contributed by atoms with Gasteiger partial charge in [-0.25, -0.2) is 13.2 Å². The summed E-state index contributed by atoms with van der Waals surface area (Å²) in [4.78, 5) is -0.169. The molecule has 3 N–H and O–H groups in total. The van der Waals surface area contributed by atoms with Crippen LogP contribution < -0.4 is 11.1 Å². The van der Waals surface area contributed by atoms with E-state index < -0.39 is 17.5 Å². The first kappa shape index (κ1) is 13.4. The molecule has 0 radical (unpaired) electrons. The monoisotopic (exact) mass is 282 g/mol. The molecule has 0 unspecified atom stereocenters. The molecule has 98 valence electrons. The SMILES string of the molecule is NC(=S)c1c(F)cccc1Nc1cc(F)ccc1F. The highest BCUT2D eigenvalue weighted by molar-refractivity contribution is 7.80. The van der Waals surface area contributed by atoms with Crippen LogP contribution >= 0.6 is 12.2 Å². The first-order chi connectivity index (χ1) is 8.99. The Hall–Kier alpha value is -2.08. The van der Waals surface area contributed by atoms with E-state index >= 15 is 0 Å². The summed E-state index contributed by atoms with van der Waals surface area (Å²) in [6.45, 7) is 0.